The van der Waals surface area contributed by atoms with Gasteiger partial charge in [0, 0.05) is 24.5 Å². The highest BCUT2D eigenvalue weighted by molar-refractivity contribution is 7.80. The topological polar surface area (TPSA) is 26.3 Å². The molecule has 0 radical (unpaired) electrons. The molecule has 0 aromatic heterocycles. The van der Waals surface area contributed by atoms with Crippen LogP contribution >= 0.6 is 25.3 Å². The fraction of sp³-hybridized carbons (Fsp3) is 0.611. The van der Waals surface area contributed by atoms with Gasteiger partial charge in [0.2, 0.25) is 0 Å². The van der Waals surface area contributed by atoms with Crippen LogP contribution in [0.1, 0.15) is 53.0 Å². The van der Waals surface area contributed by atoms with Gasteiger partial charge in [-0.15, -0.1) is 12.6 Å². The zero-order valence-corrected chi connectivity index (χ0v) is 16.4. The summed E-state index contributed by atoms with van der Waals surface area (Å²) in [5.74, 6) is 0.173. The van der Waals surface area contributed by atoms with Crippen molar-refractivity contribution in [1.82, 2.24) is 0 Å². The summed E-state index contributed by atoms with van der Waals surface area (Å²) in [6.45, 7) is 11.4. The molecule has 1 rings (SSSR count). The van der Waals surface area contributed by atoms with Crippen molar-refractivity contribution in [3.63, 3.8) is 0 Å². The third-order valence-electron chi connectivity index (χ3n) is 2.55. The number of benzene rings is 1. The smallest absolute Gasteiger partial charge is 0.134 e. The van der Waals surface area contributed by atoms with Crippen molar-refractivity contribution >= 4 is 31.0 Å². The van der Waals surface area contributed by atoms with Gasteiger partial charge >= 0.3 is 0 Å². The highest BCUT2D eigenvalue weighted by Crippen LogP contribution is 2.13. The Morgan fingerprint density at radius 1 is 1.27 bits per heavy atom. The summed E-state index contributed by atoms with van der Waals surface area (Å²) in [6.07, 6.45) is 2.78. The van der Waals surface area contributed by atoms with E-state index in [9.17, 15) is 4.79 Å². The van der Waals surface area contributed by atoms with E-state index in [4.69, 9.17) is 4.74 Å². The first-order valence-corrected chi connectivity index (χ1v) is 8.95. The number of carbonyl (C=O) groups is 1. The van der Waals surface area contributed by atoms with Crippen LogP contribution in [-0.4, -0.2) is 24.2 Å². The van der Waals surface area contributed by atoms with Crippen LogP contribution < -0.4 is 0 Å². The van der Waals surface area contributed by atoms with Gasteiger partial charge in [-0.2, -0.15) is 12.6 Å². The quantitative estimate of drug-likeness (QED) is 0.521. The molecule has 0 saturated heterocycles. The monoisotopic (exact) mass is 344 g/mol. The van der Waals surface area contributed by atoms with E-state index in [0.29, 0.717) is 11.7 Å². The number of rotatable bonds is 7. The van der Waals surface area contributed by atoms with Gasteiger partial charge in [-0.05, 0) is 43.6 Å². The largest absolute Gasteiger partial charge is 0.382 e. The SMILES string of the molecule is CC.CC(=O)Cc1ccccc1S.CCOCCCC(C)S. The lowest BCUT2D eigenvalue weighted by atomic mass is 10.1. The van der Waals surface area contributed by atoms with Crippen LogP contribution in [0.15, 0.2) is 29.2 Å². The van der Waals surface area contributed by atoms with Crippen molar-refractivity contribution in [2.24, 2.45) is 0 Å². The fourth-order valence-electron chi connectivity index (χ4n) is 1.55. The van der Waals surface area contributed by atoms with Crippen LogP contribution in [0.25, 0.3) is 0 Å². The first kappa shape index (κ1) is 23.8. The number of ether oxygens (including phenoxy) is 1. The second-order valence-corrected chi connectivity index (χ2v) is 6.06. The highest BCUT2D eigenvalue weighted by atomic mass is 32.1. The molecule has 1 atom stereocenters. The summed E-state index contributed by atoms with van der Waals surface area (Å²) in [4.78, 5) is 11.6. The van der Waals surface area contributed by atoms with E-state index in [1.165, 1.54) is 0 Å². The Kier molecular flexibility index (Phi) is 18.3. The number of carbonyl (C=O) groups excluding carboxylic acids is 1. The predicted molar refractivity (Wildman–Crippen MR) is 104 cm³/mol. The van der Waals surface area contributed by atoms with Crippen LogP contribution in [0, 0.1) is 0 Å². The van der Waals surface area contributed by atoms with Crippen molar-refractivity contribution in [2.45, 2.75) is 64.0 Å². The Bertz CT molecular complexity index is 379. The average Bonchev–Trinajstić information content (AvgIpc) is 2.48. The van der Waals surface area contributed by atoms with Gasteiger partial charge < -0.3 is 4.74 Å². The standard InChI is InChI=1S/C9H10OS.C7H16OS.C2H6/c1-7(10)6-8-4-2-3-5-9(8)11;1-3-8-6-4-5-7(2)9;1-2/h2-5,11H,6H2,1H3;7,9H,3-6H2,1-2H3;1-2H3. The van der Waals surface area contributed by atoms with Crippen LogP contribution in [0.3, 0.4) is 0 Å². The zero-order chi connectivity index (χ0) is 17.4. The predicted octanol–water partition coefficient (Wildman–Crippen LogP) is 5.25. The minimum absolute atomic E-state index is 0.173. The van der Waals surface area contributed by atoms with E-state index in [2.05, 4.69) is 32.2 Å². The molecule has 128 valence electrons. The molecule has 0 N–H and O–H groups in total. The first-order valence-electron chi connectivity index (χ1n) is 7.99. The lowest BCUT2D eigenvalue weighted by molar-refractivity contribution is -0.116. The Balaban J connectivity index is 0. The normalized spacial score (nSPS) is 10.7. The molecule has 1 aromatic rings. The summed E-state index contributed by atoms with van der Waals surface area (Å²) >= 11 is 8.46. The van der Waals surface area contributed by atoms with Crippen LogP contribution in [0.2, 0.25) is 0 Å². The number of Topliss-reactive ketones (excluding diaryl/α,β-unsaturated/α-hetero) is 1. The molecule has 0 aliphatic carbocycles. The number of hydrogen-bond donors (Lipinski definition) is 2. The Morgan fingerprint density at radius 3 is 2.32 bits per heavy atom. The molecule has 4 heteroatoms. The Hall–Kier alpha value is -0.450. The van der Waals surface area contributed by atoms with E-state index in [-0.39, 0.29) is 5.78 Å². The molecular formula is C18H32O2S2. The highest BCUT2D eigenvalue weighted by Gasteiger charge is 1.99. The van der Waals surface area contributed by atoms with E-state index >= 15 is 0 Å². The molecule has 0 aliphatic heterocycles. The van der Waals surface area contributed by atoms with Gasteiger partial charge in [-0.3, -0.25) is 4.79 Å². The third-order valence-corrected chi connectivity index (χ3v) is 3.24. The minimum Gasteiger partial charge on any atom is -0.382 e. The van der Waals surface area contributed by atoms with E-state index in [1.54, 1.807) is 6.92 Å². The molecule has 2 nitrogen and oxygen atoms in total. The fourth-order valence-corrected chi connectivity index (χ4v) is 1.98. The van der Waals surface area contributed by atoms with Crippen molar-refractivity contribution in [3.05, 3.63) is 29.8 Å². The summed E-state index contributed by atoms with van der Waals surface area (Å²) in [5.41, 5.74) is 1.00. The Labute approximate surface area is 147 Å². The number of hydrogen-bond acceptors (Lipinski definition) is 4. The Morgan fingerprint density at radius 2 is 1.86 bits per heavy atom. The zero-order valence-electron chi connectivity index (χ0n) is 14.6. The van der Waals surface area contributed by atoms with Crippen molar-refractivity contribution in [2.75, 3.05) is 13.2 Å². The molecule has 0 heterocycles. The second kappa shape index (κ2) is 16.9. The molecular weight excluding hydrogens is 312 g/mol. The molecule has 1 unspecified atom stereocenters. The average molecular weight is 345 g/mol. The first-order chi connectivity index (χ1) is 10.5. The van der Waals surface area contributed by atoms with Crippen molar-refractivity contribution in [3.8, 4) is 0 Å². The van der Waals surface area contributed by atoms with E-state index in [0.717, 1.165) is 36.5 Å². The maximum atomic E-state index is 10.7. The molecule has 0 aliphatic rings. The molecule has 22 heavy (non-hydrogen) atoms. The maximum Gasteiger partial charge on any atom is 0.134 e. The molecule has 0 spiro atoms. The van der Waals surface area contributed by atoms with Crippen LogP contribution in [-0.2, 0) is 16.0 Å². The van der Waals surface area contributed by atoms with Gasteiger partial charge in [0.05, 0.1) is 0 Å². The van der Waals surface area contributed by atoms with Gasteiger partial charge in [0.15, 0.2) is 0 Å². The van der Waals surface area contributed by atoms with E-state index < -0.39 is 0 Å². The molecule has 0 amide bonds. The van der Waals surface area contributed by atoms with Crippen LogP contribution in [0.4, 0.5) is 0 Å². The summed E-state index contributed by atoms with van der Waals surface area (Å²) in [6, 6.07) is 7.63. The number of ketones is 1. The lowest BCUT2D eigenvalue weighted by Crippen LogP contribution is -1.97. The van der Waals surface area contributed by atoms with Gasteiger partial charge in [0.25, 0.3) is 0 Å². The molecule has 0 fully saturated rings. The van der Waals surface area contributed by atoms with Gasteiger partial charge in [-0.1, -0.05) is 39.0 Å². The van der Waals surface area contributed by atoms with Gasteiger partial charge in [0.1, 0.15) is 5.78 Å². The third kappa shape index (κ3) is 15.9. The second-order valence-electron chi connectivity index (χ2n) is 4.70. The summed E-state index contributed by atoms with van der Waals surface area (Å²) < 4.78 is 5.15. The minimum atomic E-state index is 0.173. The van der Waals surface area contributed by atoms with E-state index in [1.807, 2.05) is 45.0 Å². The molecule has 0 bridgehead atoms. The lowest BCUT2D eigenvalue weighted by Gasteiger charge is -2.02. The van der Waals surface area contributed by atoms with Gasteiger partial charge in [-0.25, -0.2) is 0 Å². The van der Waals surface area contributed by atoms with Crippen LogP contribution in [0.5, 0.6) is 0 Å². The summed E-state index contributed by atoms with van der Waals surface area (Å²) in [7, 11) is 0. The van der Waals surface area contributed by atoms with Crippen molar-refractivity contribution < 1.29 is 9.53 Å². The summed E-state index contributed by atoms with van der Waals surface area (Å²) in [5, 5.41) is 0.519. The number of thiol groups is 2. The molecule has 0 saturated carbocycles. The molecule has 1 aromatic carbocycles. The van der Waals surface area contributed by atoms with Crippen molar-refractivity contribution in [1.29, 1.82) is 0 Å². The maximum absolute atomic E-state index is 10.7.